The van der Waals surface area contributed by atoms with E-state index >= 15 is 0 Å². The van der Waals surface area contributed by atoms with Crippen molar-refractivity contribution in [3.05, 3.63) is 75.8 Å². The molecule has 3 heteroatoms. The summed E-state index contributed by atoms with van der Waals surface area (Å²) in [5.74, 6) is 2.89. The highest BCUT2D eigenvalue weighted by Gasteiger charge is 2.32. The molecule has 4 aromatic rings. The van der Waals surface area contributed by atoms with Crippen LogP contribution in [0.15, 0.2) is 53.5 Å². The van der Waals surface area contributed by atoms with Crippen LogP contribution >= 0.6 is 0 Å². The maximum atomic E-state index is 6.86. The van der Waals surface area contributed by atoms with Crippen molar-refractivity contribution in [3.63, 3.8) is 0 Å². The van der Waals surface area contributed by atoms with Gasteiger partial charge in [0.15, 0.2) is 0 Å². The van der Waals surface area contributed by atoms with Gasteiger partial charge in [0.2, 0.25) is 0 Å². The molecule has 2 unspecified atom stereocenters. The summed E-state index contributed by atoms with van der Waals surface area (Å²) in [6.07, 6.45) is 4.46. The predicted molar refractivity (Wildman–Crippen MR) is 150 cm³/mol. The first-order chi connectivity index (χ1) is 17.1. The summed E-state index contributed by atoms with van der Waals surface area (Å²) in [6.45, 7) is 13.7. The Morgan fingerprint density at radius 2 is 1.42 bits per heavy atom. The molecule has 3 nitrogen and oxygen atoms in total. The van der Waals surface area contributed by atoms with Crippen molar-refractivity contribution in [3.8, 4) is 11.5 Å². The fraction of sp³-hybridized carbons (Fsp3) is 0.364. The standard InChI is InChI=1S/C33H34N2O/c1-18-16-32(3,4)34-26-13-11-24-22(28(18)26)9-7-20-15-21-8-10-23-25(31(21)36-30(20)24)12-14-27-29(23)19(2)17-33(5,6)35-27/h7-15,18-19,34H,16-17H2,1-6H3. The van der Waals surface area contributed by atoms with E-state index in [-0.39, 0.29) is 11.1 Å². The molecule has 2 atom stereocenters. The van der Waals surface area contributed by atoms with Gasteiger partial charge in [0, 0.05) is 32.8 Å². The Morgan fingerprint density at radius 1 is 0.750 bits per heavy atom. The molecular formula is C33H34N2O. The van der Waals surface area contributed by atoms with Crippen LogP contribution in [0.5, 0.6) is 11.5 Å². The number of nitrogens with zero attached hydrogens (tertiary/aromatic N) is 1. The zero-order valence-corrected chi connectivity index (χ0v) is 22.1. The van der Waals surface area contributed by atoms with Crippen molar-refractivity contribution < 1.29 is 4.74 Å². The smallest absolute Gasteiger partial charge is 0.142 e. The van der Waals surface area contributed by atoms with Crippen LogP contribution in [0.2, 0.25) is 0 Å². The SMILES string of the molecule is CC1CC(C)(C)Nc2ccc3c4c(ccc3c21)C=c1ccc2c3c(ccc2c1O4)=NC(C)(C)CC3C. The van der Waals surface area contributed by atoms with Gasteiger partial charge in [-0.25, -0.2) is 0 Å². The Morgan fingerprint density at radius 3 is 2.25 bits per heavy atom. The number of anilines is 1. The normalized spacial score (nSPS) is 22.7. The van der Waals surface area contributed by atoms with E-state index in [0.29, 0.717) is 11.8 Å². The van der Waals surface area contributed by atoms with Gasteiger partial charge < -0.3 is 10.1 Å². The van der Waals surface area contributed by atoms with Gasteiger partial charge >= 0.3 is 0 Å². The minimum absolute atomic E-state index is 0.0171. The molecule has 0 aromatic heterocycles. The lowest BCUT2D eigenvalue weighted by Gasteiger charge is -2.38. The molecule has 1 N–H and O–H groups in total. The van der Waals surface area contributed by atoms with Gasteiger partial charge in [0.1, 0.15) is 11.5 Å². The van der Waals surface area contributed by atoms with Crippen LogP contribution < -0.4 is 20.6 Å². The lowest BCUT2D eigenvalue weighted by atomic mass is 9.79. The van der Waals surface area contributed by atoms with E-state index in [1.54, 1.807) is 0 Å². The van der Waals surface area contributed by atoms with Crippen molar-refractivity contribution in [2.45, 2.75) is 77.3 Å². The van der Waals surface area contributed by atoms with Crippen molar-refractivity contribution in [1.82, 2.24) is 0 Å². The summed E-state index contributed by atoms with van der Waals surface area (Å²) < 4.78 is 6.86. The van der Waals surface area contributed by atoms with Crippen LogP contribution in [0.1, 0.15) is 82.9 Å². The molecule has 0 aliphatic carbocycles. The van der Waals surface area contributed by atoms with Crippen molar-refractivity contribution in [2.75, 3.05) is 5.32 Å². The van der Waals surface area contributed by atoms with E-state index in [9.17, 15) is 0 Å². The molecule has 0 radical (unpaired) electrons. The summed E-state index contributed by atoms with van der Waals surface area (Å²) in [5, 5.41) is 11.0. The quantitative estimate of drug-likeness (QED) is 0.252. The van der Waals surface area contributed by atoms with Crippen LogP contribution in [0, 0.1) is 0 Å². The molecule has 36 heavy (non-hydrogen) atoms. The van der Waals surface area contributed by atoms with Crippen LogP contribution in [-0.2, 0) is 0 Å². The van der Waals surface area contributed by atoms with Gasteiger partial charge in [0.05, 0.1) is 10.9 Å². The van der Waals surface area contributed by atoms with E-state index < -0.39 is 0 Å². The van der Waals surface area contributed by atoms with Crippen LogP contribution in [0.3, 0.4) is 0 Å². The van der Waals surface area contributed by atoms with Gasteiger partial charge in [-0.15, -0.1) is 0 Å². The molecular weight excluding hydrogens is 440 g/mol. The van der Waals surface area contributed by atoms with Crippen LogP contribution in [0.4, 0.5) is 5.69 Å². The second kappa shape index (κ2) is 7.12. The molecule has 3 aliphatic heterocycles. The third kappa shape index (κ3) is 3.14. The maximum absolute atomic E-state index is 6.86. The van der Waals surface area contributed by atoms with E-state index in [1.807, 2.05) is 0 Å². The van der Waals surface area contributed by atoms with Gasteiger partial charge in [0.25, 0.3) is 0 Å². The topological polar surface area (TPSA) is 33.6 Å². The minimum Gasteiger partial charge on any atom is -0.455 e. The highest BCUT2D eigenvalue weighted by atomic mass is 16.5. The average Bonchev–Trinajstić information content (AvgIpc) is 2.79. The average molecular weight is 475 g/mol. The third-order valence-electron chi connectivity index (χ3n) is 8.44. The predicted octanol–water partition coefficient (Wildman–Crippen LogP) is 7.53. The Bertz CT molecular complexity index is 1730. The number of nitrogens with one attached hydrogen (secondary N) is 1. The van der Waals surface area contributed by atoms with Gasteiger partial charge in [-0.2, -0.15) is 0 Å². The summed E-state index contributed by atoms with van der Waals surface area (Å²) in [4.78, 5) is 5.07. The van der Waals surface area contributed by atoms with Gasteiger partial charge in [-0.3, -0.25) is 4.99 Å². The highest BCUT2D eigenvalue weighted by molar-refractivity contribution is 6.00. The molecule has 0 amide bonds. The second-order valence-corrected chi connectivity index (χ2v) is 12.6. The first kappa shape index (κ1) is 21.9. The zero-order chi connectivity index (χ0) is 25.0. The molecule has 0 bridgehead atoms. The number of benzene rings is 4. The first-order valence-electron chi connectivity index (χ1n) is 13.3. The third-order valence-corrected chi connectivity index (χ3v) is 8.44. The first-order valence-corrected chi connectivity index (χ1v) is 13.3. The summed E-state index contributed by atoms with van der Waals surface area (Å²) in [6, 6.07) is 17.9. The summed E-state index contributed by atoms with van der Waals surface area (Å²) in [7, 11) is 0. The van der Waals surface area contributed by atoms with Crippen LogP contribution in [0.25, 0.3) is 27.6 Å². The van der Waals surface area contributed by atoms with E-state index in [1.165, 1.54) is 38.4 Å². The molecule has 0 saturated carbocycles. The molecule has 3 heterocycles. The molecule has 7 rings (SSSR count). The van der Waals surface area contributed by atoms with E-state index in [0.717, 1.165) is 40.5 Å². The summed E-state index contributed by atoms with van der Waals surface area (Å²) in [5.41, 5.74) is 5.26. The second-order valence-electron chi connectivity index (χ2n) is 12.6. The largest absolute Gasteiger partial charge is 0.455 e. The van der Waals surface area contributed by atoms with E-state index in [4.69, 9.17) is 9.73 Å². The molecule has 0 spiro atoms. The Labute approximate surface area is 212 Å². The fourth-order valence-corrected chi connectivity index (χ4v) is 7.31. The lowest BCUT2D eigenvalue weighted by Crippen LogP contribution is -2.36. The highest BCUT2D eigenvalue weighted by Crippen LogP contribution is 2.47. The number of fused-ring (bicyclic) bond motifs is 10. The number of ether oxygens (including phenoxy) is 1. The lowest BCUT2D eigenvalue weighted by molar-refractivity contribution is 0.410. The molecule has 4 aromatic carbocycles. The molecule has 0 saturated heterocycles. The van der Waals surface area contributed by atoms with Crippen molar-refractivity contribution in [1.29, 1.82) is 0 Å². The summed E-state index contributed by atoms with van der Waals surface area (Å²) >= 11 is 0. The van der Waals surface area contributed by atoms with Crippen LogP contribution in [-0.4, -0.2) is 11.1 Å². The number of hydrogen-bond acceptors (Lipinski definition) is 3. The van der Waals surface area contributed by atoms with Gasteiger partial charge in [-0.1, -0.05) is 38.1 Å². The van der Waals surface area contributed by atoms with Crippen molar-refractivity contribution >= 4 is 33.3 Å². The zero-order valence-electron chi connectivity index (χ0n) is 22.1. The number of hydrogen-bond donors (Lipinski definition) is 1. The molecule has 3 aliphatic rings. The van der Waals surface area contributed by atoms with Crippen molar-refractivity contribution in [2.24, 2.45) is 4.99 Å². The fourth-order valence-electron chi connectivity index (χ4n) is 7.31. The molecule has 182 valence electrons. The minimum atomic E-state index is -0.0171. The Kier molecular flexibility index (Phi) is 4.34. The molecule has 0 fully saturated rings. The maximum Gasteiger partial charge on any atom is 0.142 e. The Hall–Kier alpha value is -3.33. The van der Waals surface area contributed by atoms with Gasteiger partial charge in [-0.05, 0) is 105 Å². The monoisotopic (exact) mass is 474 g/mol. The number of rotatable bonds is 0. The van der Waals surface area contributed by atoms with E-state index in [2.05, 4.69) is 101 Å². The Balaban J connectivity index is 1.44.